The van der Waals surface area contributed by atoms with Gasteiger partial charge in [-0.15, -0.1) is 0 Å². The van der Waals surface area contributed by atoms with E-state index in [1.165, 1.54) is 17.8 Å². The van der Waals surface area contributed by atoms with Crippen LogP contribution < -0.4 is 10.2 Å². The van der Waals surface area contributed by atoms with Gasteiger partial charge in [-0.2, -0.15) is 4.39 Å². The van der Waals surface area contributed by atoms with Gasteiger partial charge in [0.25, 0.3) is 0 Å². The van der Waals surface area contributed by atoms with E-state index in [0.29, 0.717) is 22.2 Å². The van der Waals surface area contributed by atoms with Crippen molar-refractivity contribution in [3.63, 3.8) is 0 Å². The zero-order chi connectivity index (χ0) is 26.0. The number of carbonyl (C=O) groups excluding carboxylic acids is 1. The van der Waals surface area contributed by atoms with Crippen molar-refractivity contribution in [2.24, 2.45) is 0 Å². The number of halogens is 4. The molecule has 0 bridgehead atoms. The summed E-state index contributed by atoms with van der Waals surface area (Å²) in [6.07, 6.45) is 7.51. The summed E-state index contributed by atoms with van der Waals surface area (Å²) in [6, 6.07) is 14.5. The zero-order valence-electron chi connectivity index (χ0n) is 20.1. The lowest BCUT2D eigenvalue weighted by atomic mass is 9.74. The number of nitrogens with one attached hydrogen (secondary N) is 1. The number of piperidine rings is 1. The van der Waals surface area contributed by atoms with Crippen molar-refractivity contribution in [2.75, 3.05) is 31.1 Å². The van der Waals surface area contributed by atoms with Gasteiger partial charge >= 0.3 is 6.03 Å². The molecule has 0 aliphatic carbocycles. The smallest absolute Gasteiger partial charge is 0.322 e. The van der Waals surface area contributed by atoms with Crippen LogP contribution in [0.1, 0.15) is 29.5 Å². The average Bonchev–Trinajstić information content (AvgIpc) is 3.21. The number of carbonyl (C=O) groups is 1. The lowest BCUT2D eigenvalue weighted by molar-refractivity contribution is 0.179. The van der Waals surface area contributed by atoms with E-state index >= 15 is 0 Å². The van der Waals surface area contributed by atoms with Crippen molar-refractivity contribution < 1.29 is 9.18 Å². The molecule has 192 valence electrons. The minimum absolute atomic E-state index is 0.112. The number of likely N-dealkylation sites (tertiary alicyclic amines) is 1. The van der Waals surface area contributed by atoms with E-state index in [9.17, 15) is 9.18 Å². The number of urea groups is 1. The second-order valence-electron chi connectivity index (χ2n) is 9.52. The Kier molecular flexibility index (Phi) is 7.86. The number of amides is 2. The predicted molar refractivity (Wildman–Crippen MR) is 151 cm³/mol. The Morgan fingerprint density at radius 1 is 1.14 bits per heavy atom. The summed E-state index contributed by atoms with van der Waals surface area (Å²) in [6.45, 7) is 3.56. The van der Waals surface area contributed by atoms with Gasteiger partial charge in [0.1, 0.15) is 0 Å². The molecular formula is C28H26BrCl2FN4O. The summed E-state index contributed by atoms with van der Waals surface area (Å²) < 4.78 is 14.5. The molecule has 1 spiro atoms. The summed E-state index contributed by atoms with van der Waals surface area (Å²) in [5, 5.41) is 4.05. The summed E-state index contributed by atoms with van der Waals surface area (Å²) >= 11 is 15.9. The van der Waals surface area contributed by atoms with E-state index in [-0.39, 0.29) is 18.0 Å². The third kappa shape index (κ3) is 5.70. The zero-order valence-corrected chi connectivity index (χ0v) is 23.2. The van der Waals surface area contributed by atoms with Crippen LogP contribution >= 0.6 is 39.1 Å². The molecular weight excluding hydrogens is 578 g/mol. The Hall–Kier alpha value is -2.45. The van der Waals surface area contributed by atoms with E-state index < -0.39 is 5.95 Å². The molecule has 2 aromatic carbocycles. The second-order valence-corrected chi connectivity index (χ2v) is 11.2. The van der Waals surface area contributed by atoms with Gasteiger partial charge in [0.15, 0.2) is 0 Å². The number of hydrogen-bond acceptors (Lipinski definition) is 3. The van der Waals surface area contributed by atoms with Crippen molar-refractivity contribution in [2.45, 2.75) is 24.8 Å². The number of nitrogens with zero attached hydrogens (tertiary/aromatic N) is 3. The Labute approximate surface area is 234 Å². The van der Waals surface area contributed by atoms with Gasteiger partial charge in [0, 0.05) is 35.7 Å². The summed E-state index contributed by atoms with van der Waals surface area (Å²) in [7, 11) is 0. The summed E-state index contributed by atoms with van der Waals surface area (Å²) in [5.74, 6) is -0.556. The number of rotatable bonds is 5. The van der Waals surface area contributed by atoms with Crippen molar-refractivity contribution in [1.82, 2.24) is 15.2 Å². The lowest BCUT2D eigenvalue weighted by Gasteiger charge is -2.39. The maximum atomic E-state index is 13.4. The third-order valence-electron chi connectivity index (χ3n) is 7.18. The molecule has 3 heterocycles. The molecule has 1 aromatic heterocycles. The molecule has 9 heteroatoms. The monoisotopic (exact) mass is 602 g/mol. The lowest BCUT2D eigenvalue weighted by Crippen LogP contribution is -2.47. The average molecular weight is 604 g/mol. The molecule has 5 nitrogen and oxygen atoms in total. The van der Waals surface area contributed by atoms with E-state index in [4.69, 9.17) is 23.2 Å². The molecule has 0 saturated carbocycles. The largest absolute Gasteiger partial charge is 0.334 e. The van der Waals surface area contributed by atoms with Gasteiger partial charge in [-0.05, 0) is 79.0 Å². The maximum absolute atomic E-state index is 13.4. The van der Waals surface area contributed by atoms with Crippen LogP contribution in [0.5, 0.6) is 0 Å². The van der Waals surface area contributed by atoms with Crippen LogP contribution in [0.3, 0.4) is 0 Å². The maximum Gasteiger partial charge on any atom is 0.322 e. The molecule has 1 saturated heterocycles. The minimum Gasteiger partial charge on any atom is -0.334 e. The van der Waals surface area contributed by atoms with Gasteiger partial charge in [-0.3, -0.25) is 9.80 Å². The fourth-order valence-corrected chi connectivity index (χ4v) is 6.34. The fourth-order valence-electron chi connectivity index (χ4n) is 5.26. The molecule has 0 unspecified atom stereocenters. The highest BCUT2D eigenvalue weighted by atomic mass is 79.9. The Balaban J connectivity index is 1.25. The number of aromatic nitrogens is 1. The fraction of sp³-hybridized carbons (Fsp3) is 0.286. The van der Waals surface area contributed by atoms with E-state index in [2.05, 4.69) is 43.3 Å². The van der Waals surface area contributed by atoms with Crippen LogP contribution in [0.25, 0.3) is 6.08 Å². The molecule has 1 fully saturated rings. The molecule has 1 N–H and O–H groups in total. The molecule has 3 aromatic rings. The number of anilines is 1. The first-order chi connectivity index (χ1) is 17.8. The summed E-state index contributed by atoms with van der Waals surface area (Å²) in [5.41, 5.74) is 3.71. The molecule has 2 aliphatic heterocycles. The van der Waals surface area contributed by atoms with Crippen LogP contribution in [-0.2, 0) is 12.0 Å². The minimum atomic E-state index is -0.556. The molecule has 2 amide bonds. The standard InChI is InChI=1S/C28H26BrCl2FN4O/c29-21-4-1-5-24-26(21)28(18-36(24)27(37)34-17-20-8-11-33-25(32)16-20)9-13-35(14-10-28)12-2-3-19-6-7-22(30)23(31)15-19/h1-8,11,15-16H,9-10,12-14,17-18H2,(H,34,37). The van der Waals surface area contributed by atoms with Crippen LogP contribution in [0.4, 0.5) is 14.9 Å². The first-order valence-electron chi connectivity index (χ1n) is 12.1. The molecule has 2 aliphatic rings. The van der Waals surface area contributed by atoms with Gasteiger partial charge in [-0.25, -0.2) is 9.78 Å². The quantitative estimate of drug-likeness (QED) is 0.317. The van der Waals surface area contributed by atoms with Gasteiger partial charge in [0.05, 0.1) is 15.7 Å². The van der Waals surface area contributed by atoms with Crippen molar-refractivity contribution in [1.29, 1.82) is 0 Å². The van der Waals surface area contributed by atoms with E-state index in [1.807, 2.05) is 35.2 Å². The van der Waals surface area contributed by atoms with Crippen molar-refractivity contribution in [3.8, 4) is 0 Å². The van der Waals surface area contributed by atoms with Gasteiger partial charge in [-0.1, -0.05) is 63.4 Å². The highest BCUT2D eigenvalue weighted by molar-refractivity contribution is 9.10. The molecule has 5 rings (SSSR count). The van der Waals surface area contributed by atoms with Crippen LogP contribution in [0.15, 0.2) is 65.3 Å². The van der Waals surface area contributed by atoms with Gasteiger partial charge < -0.3 is 5.32 Å². The SMILES string of the molecule is O=C(NCc1ccnc(F)c1)N1CC2(CCN(CC=Cc3ccc(Cl)c(Cl)c3)CC2)c2c(Br)cccc21. The predicted octanol–water partition coefficient (Wildman–Crippen LogP) is 7.07. The second kappa shape index (κ2) is 11.1. The topological polar surface area (TPSA) is 48.5 Å². The first kappa shape index (κ1) is 26.2. The number of pyridine rings is 1. The Morgan fingerprint density at radius 2 is 1.95 bits per heavy atom. The highest BCUT2D eigenvalue weighted by Crippen LogP contribution is 2.50. The van der Waals surface area contributed by atoms with Crippen LogP contribution in [0.2, 0.25) is 10.0 Å². The number of fused-ring (bicyclic) bond motifs is 2. The van der Waals surface area contributed by atoms with E-state index in [0.717, 1.165) is 48.2 Å². The Morgan fingerprint density at radius 3 is 2.70 bits per heavy atom. The Bertz CT molecular complexity index is 1340. The van der Waals surface area contributed by atoms with Crippen LogP contribution in [-0.4, -0.2) is 42.1 Å². The van der Waals surface area contributed by atoms with Crippen LogP contribution in [0, 0.1) is 5.95 Å². The number of benzene rings is 2. The normalized spacial score (nSPS) is 16.9. The van der Waals surface area contributed by atoms with Crippen molar-refractivity contribution in [3.05, 3.63) is 98.0 Å². The summed E-state index contributed by atoms with van der Waals surface area (Å²) in [4.78, 5) is 21.1. The number of hydrogen-bond donors (Lipinski definition) is 1. The third-order valence-corrected chi connectivity index (χ3v) is 8.58. The molecule has 0 radical (unpaired) electrons. The van der Waals surface area contributed by atoms with Gasteiger partial charge in [0.2, 0.25) is 5.95 Å². The molecule has 37 heavy (non-hydrogen) atoms. The molecule has 0 atom stereocenters. The highest BCUT2D eigenvalue weighted by Gasteiger charge is 2.47. The van der Waals surface area contributed by atoms with E-state index in [1.54, 1.807) is 12.1 Å². The first-order valence-corrected chi connectivity index (χ1v) is 13.7. The van der Waals surface area contributed by atoms with Crippen molar-refractivity contribution >= 4 is 56.9 Å².